The molecule has 0 bridgehead atoms. The van der Waals surface area contributed by atoms with E-state index >= 15 is 0 Å². The van der Waals surface area contributed by atoms with Crippen LogP contribution in [0.4, 0.5) is 0 Å². The number of H-pyrrole nitrogens is 1. The van der Waals surface area contributed by atoms with Crippen molar-refractivity contribution in [2.45, 2.75) is 18.4 Å². The summed E-state index contributed by atoms with van der Waals surface area (Å²) in [7, 11) is 0. The van der Waals surface area contributed by atoms with E-state index in [9.17, 15) is 5.11 Å². The molecule has 0 spiro atoms. The van der Waals surface area contributed by atoms with E-state index in [1.165, 1.54) is 0 Å². The fourth-order valence-electron chi connectivity index (χ4n) is 2.76. The summed E-state index contributed by atoms with van der Waals surface area (Å²) in [5.74, 6) is 0.876. The van der Waals surface area contributed by atoms with Gasteiger partial charge in [0.05, 0.1) is 6.20 Å². The lowest BCUT2D eigenvalue weighted by molar-refractivity contribution is -0.0412. The van der Waals surface area contributed by atoms with Crippen LogP contribution in [0.25, 0.3) is 0 Å². The number of likely N-dealkylation sites (tertiary alicyclic amines) is 1. The van der Waals surface area contributed by atoms with E-state index < -0.39 is 5.60 Å². The van der Waals surface area contributed by atoms with Crippen molar-refractivity contribution in [2.75, 3.05) is 26.2 Å². The number of nitrogens with one attached hydrogen (secondary N) is 1. The third kappa shape index (κ3) is 3.40. The third-order valence-corrected chi connectivity index (χ3v) is 3.86. The van der Waals surface area contributed by atoms with Crippen molar-refractivity contribution >= 4 is 0 Å². The fraction of sp³-hybridized carbons (Fsp3) is 0.467. The molecule has 1 aliphatic heterocycles. The molecule has 2 heterocycles. The SMILES string of the molecule is O[C@]1(c2cn[nH]n2)CCCN(CCOc2ccccc2)C1. The number of β-amino-alcohol motifs (C(OH)–C–C–N with tert-alkyl or cyclic N) is 1. The normalized spacial score (nSPS) is 23.1. The first-order valence-electron chi connectivity index (χ1n) is 7.25. The van der Waals surface area contributed by atoms with Crippen LogP contribution in [0.2, 0.25) is 0 Å². The van der Waals surface area contributed by atoms with Crippen LogP contribution in [0.3, 0.4) is 0 Å². The van der Waals surface area contributed by atoms with E-state index in [1.807, 2.05) is 30.3 Å². The van der Waals surface area contributed by atoms with Crippen molar-refractivity contribution in [3.05, 3.63) is 42.2 Å². The van der Waals surface area contributed by atoms with Crippen LogP contribution >= 0.6 is 0 Å². The van der Waals surface area contributed by atoms with Crippen molar-refractivity contribution in [1.29, 1.82) is 0 Å². The predicted octanol–water partition coefficient (Wildman–Crippen LogP) is 1.17. The van der Waals surface area contributed by atoms with Crippen LogP contribution in [0.5, 0.6) is 5.75 Å². The summed E-state index contributed by atoms with van der Waals surface area (Å²) in [6.07, 6.45) is 3.26. The molecular formula is C15H20N4O2. The smallest absolute Gasteiger partial charge is 0.123 e. The molecule has 0 unspecified atom stereocenters. The average Bonchev–Trinajstić information content (AvgIpc) is 3.04. The lowest BCUT2D eigenvalue weighted by Gasteiger charge is -2.37. The zero-order valence-electron chi connectivity index (χ0n) is 11.9. The fourth-order valence-corrected chi connectivity index (χ4v) is 2.76. The minimum atomic E-state index is -0.905. The summed E-state index contributed by atoms with van der Waals surface area (Å²) in [5.41, 5.74) is -0.283. The number of hydrogen-bond donors (Lipinski definition) is 2. The van der Waals surface area contributed by atoms with Gasteiger partial charge >= 0.3 is 0 Å². The van der Waals surface area contributed by atoms with Gasteiger partial charge in [0.2, 0.25) is 0 Å². The van der Waals surface area contributed by atoms with Crippen molar-refractivity contribution in [1.82, 2.24) is 20.3 Å². The maximum absolute atomic E-state index is 10.7. The van der Waals surface area contributed by atoms with Crippen molar-refractivity contribution in [3.8, 4) is 5.75 Å². The molecule has 6 nitrogen and oxygen atoms in total. The molecule has 0 radical (unpaired) electrons. The highest BCUT2D eigenvalue weighted by atomic mass is 16.5. The summed E-state index contributed by atoms with van der Waals surface area (Å²) in [6.45, 7) is 2.93. The second-order valence-electron chi connectivity index (χ2n) is 5.43. The van der Waals surface area contributed by atoms with Gasteiger partial charge in [-0.3, -0.25) is 4.90 Å². The average molecular weight is 288 g/mol. The Hall–Kier alpha value is -1.92. The zero-order chi connectivity index (χ0) is 14.5. The van der Waals surface area contributed by atoms with Gasteiger partial charge in [0.1, 0.15) is 23.7 Å². The minimum absolute atomic E-state index is 0.567. The predicted molar refractivity (Wildman–Crippen MR) is 77.9 cm³/mol. The number of aromatic amines is 1. The molecule has 1 saturated heterocycles. The van der Waals surface area contributed by atoms with Gasteiger partial charge in [0, 0.05) is 13.1 Å². The molecule has 0 saturated carbocycles. The highest BCUT2D eigenvalue weighted by Crippen LogP contribution is 2.29. The van der Waals surface area contributed by atoms with E-state index in [1.54, 1.807) is 6.20 Å². The molecule has 2 aromatic rings. The lowest BCUT2D eigenvalue weighted by Crippen LogP contribution is -2.47. The second kappa shape index (κ2) is 6.24. The standard InChI is InChI=1S/C15H20N4O2/c20-15(14-11-16-18-17-14)7-4-8-19(12-15)9-10-21-13-5-2-1-3-6-13/h1-3,5-6,11,20H,4,7-10,12H2,(H,16,17,18)/t15-/m1/s1. The number of nitrogens with zero attached hydrogens (tertiary/aromatic N) is 3. The number of hydrogen-bond acceptors (Lipinski definition) is 5. The maximum Gasteiger partial charge on any atom is 0.123 e. The summed E-state index contributed by atoms with van der Waals surface area (Å²) in [6, 6.07) is 9.78. The first-order valence-corrected chi connectivity index (χ1v) is 7.25. The van der Waals surface area contributed by atoms with Gasteiger partial charge in [-0.25, -0.2) is 0 Å². The third-order valence-electron chi connectivity index (χ3n) is 3.86. The Kier molecular flexibility index (Phi) is 4.17. The van der Waals surface area contributed by atoms with Crippen LogP contribution in [-0.4, -0.2) is 51.7 Å². The molecule has 21 heavy (non-hydrogen) atoms. The molecule has 1 aromatic carbocycles. The minimum Gasteiger partial charge on any atom is -0.492 e. The van der Waals surface area contributed by atoms with Crippen LogP contribution in [0.1, 0.15) is 18.5 Å². The van der Waals surface area contributed by atoms with Crippen LogP contribution in [-0.2, 0) is 5.60 Å². The summed E-state index contributed by atoms with van der Waals surface area (Å²) < 4.78 is 5.71. The number of rotatable bonds is 5. The molecular weight excluding hydrogens is 268 g/mol. The summed E-state index contributed by atoms with van der Waals surface area (Å²) in [4.78, 5) is 2.21. The molecule has 1 fully saturated rings. The Morgan fingerprint density at radius 1 is 1.33 bits per heavy atom. The Morgan fingerprint density at radius 2 is 2.19 bits per heavy atom. The summed E-state index contributed by atoms with van der Waals surface area (Å²) in [5, 5.41) is 21.1. The Bertz CT molecular complexity index is 546. The second-order valence-corrected chi connectivity index (χ2v) is 5.43. The van der Waals surface area contributed by atoms with E-state index in [-0.39, 0.29) is 0 Å². The summed E-state index contributed by atoms with van der Waals surface area (Å²) >= 11 is 0. The number of ether oxygens (including phenoxy) is 1. The van der Waals surface area contributed by atoms with Crippen LogP contribution < -0.4 is 4.74 Å². The van der Waals surface area contributed by atoms with E-state index in [4.69, 9.17) is 4.74 Å². The Labute approximate surface area is 123 Å². The molecule has 1 aliphatic rings. The van der Waals surface area contributed by atoms with Crippen LogP contribution in [0, 0.1) is 0 Å². The molecule has 112 valence electrons. The number of benzene rings is 1. The largest absolute Gasteiger partial charge is 0.492 e. The van der Waals surface area contributed by atoms with Gasteiger partial charge in [0.15, 0.2) is 0 Å². The van der Waals surface area contributed by atoms with E-state index in [0.717, 1.165) is 31.7 Å². The molecule has 1 aromatic heterocycles. The zero-order valence-corrected chi connectivity index (χ0v) is 11.9. The van der Waals surface area contributed by atoms with Gasteiger partial charge in [-0.15, -0.1) is 0 Å². The van der Waals surface area contributed by atoms with Crippen LogP contribution in [0.15, 0.2) is 36.5 Å². The number of aromatic nitrogens is 3. The number of para-hydroxylation sites is 1. The first kappa shape index (κ1) is 14.0. The molecule has 6 heteroatoms. The maximum atomic E-state index is 10.7. The molecule has 2 N–H and O–H groups in total. The molecule has 0 amide bonds. The van der Waals surface area contributed by atoms with Crippen molar-refractivity contribution < 1.29 is 9.84 Å². The quantitative estimate of drug-likeness (QED) is 0.864. The highest BCUT2D eigenvalue weighted by molar-refractivity contribution is 5.20. The Morgan fingerprint density at radius 3 is 2.95 bits per heavy atom. The van der Waals surface area contributed by atoms with E-state index in [0.29, 0.717) is 18.8 Å². The van der Waals surface area contributed by atoms with Crippen molar-refractivity contribution in [2.24, 2.45) is 0 Å². The lowest BCUT2D eigenvalue weighted by atomic mass is 9.90. The van der Waals surface area contributed by atoms with Crippen molar-refractivity contribution in [3.63, 3.8) is 0 Å². The molecule has 3 rings (SSSR count). The van der Waals surface area contributed by atoms with Gasteiger partial charge in [0.25, 0.3) is 0 Å². The monoisotopic (exact) mass is 288 g/mol. The van der Waals surface area contributed by atoms with E-state index in [2.05, 4.69) is 20.3 Å². The first-order chi connectivity index (χ1) is 10.3. The topological polar surface area (TPSA) is 74.3 Å². The van der Waals surface area contributed by atoms with Gasteiger partial charge in [-0.05, 0) is 31.5 Å². The highest BCUT2D eigenvalue weighted by Gasteiger charge is 2.36. The number of piperidine rings is 1. The van der Waals surface area contributed by atoms with Gasteiger partial charge < -0.3 is 9.84 Å². The molecule has 1 atom stereocenters. The molecule has 0 aliphatic carbocycles. The van der Waals surface area contributed by atoms with Gasteiger partial charge in [-0.2, -0.15) is 15.4 Å². The Balaban J connectivity index is 1.52. The van der Waals surface area contributed by atoms with Gasteiger partial charge in [-0.1, -0.05) is 18.2 Å². The number of aliphatic hydroxyl groups is 1.